The number of ether oxygens (including phenoxy) is 1. The lowest BCUT2D eigenvalue weighted by atomic mass is 9.81. The molecule has 86 valence electrons. The zero-order chi connectivity index (χ0) is 11.3. The molecule has 1 aliphatic rings. The predicted octanol–water partition coefficient (Wildman–Crippen LogP) is 2.19. The molecule has 2 unspecified atom stereocenters. The SMILES string of the molecule is CC#CCOC1CCC(C(C)(C)C)NC1. The first-order chi connectivity index (χ1) is 7.04. The van der Waals surface area contributed by atoms with Gasteiger partial charge in [0.1, 0.15) is 6.61 Å². The van der Waals surface area contributed by atoms with E-state index in [2.05, 4.69) is 37.9 Å². The van der Waals surface area contributed by atoms with E-state index in [1.807, 2.05) is 6.92 Å². The van der Waals surface area contributed by atoms with Gasteiger partial charge in [0, 0.05) is 12.6 Å². The molecule has 0 amide bonds. The molecule has 1 fully saturated rings. The Kier molecular flexibility index (Phi) is 4.63. The number of rotatable bonds is 2. The van der Waals surface area contributed by atoms with Crippen LogP contribution in [-0.2, 0) is 4.74 Å². The van der Waals surface area contributed by atoms with E-state index in [9.17, 15) is 0 Å². The average molecular weight is 209 g/mol. The number of hydrogen-bond donors (Lipinski definition) is 1. The van der Waals surface area contributed by atoms with Crippen molar-refractivity contribution >= 4 is 0 Å². The highest BCUT2D eigenvalue weighted by atomic mass is 16.5. The molecule has 0 saturated carbocycles. The summed E-state index contributed by atoms with van der Waals surface area (Å²) < 4.78 is 5.65. The summed E-state index contributed by atoms with van der Waals surface area (Å²) >= 11 is 0. The maximum atomic E-state index is 5.65. The fourth-order valence-electron chi connectivity index (χ4n) is 1.94. The van der Waals surface area contributed by atoms with Crippen LogP contribution >= 0.6 is 0 Å². The molecule has 0 aromatic heterocycles. The molecule has 2 nitrogen and oxygen atoms in total. The molecule has 2 atom stereocenters. The highest BCUT2D eigenvalue weighted by molar-refractivity contribution is 4.95. The zero-order valence-electron chi connectivity index (χ0n) is 10.4. The van der Waals surface area contributed by atoms with Crippen LogP contribution in [0.1, 0.15) is 40.5 Å². The first-order valence-corrected chi connectivity index (χ1v) is 5.78. The highest BCUT2D eigenvalue weighted by Crippen LogP contribution is 2.26. The molecule has 1 heterocycles. The van der Waals surface area contributed by atoms with Crippen LogP contribution in [0.15, 0.2) is 0 Å². The smallest absolute Gasteiger partial charge is 0.108 e. The molecular formula is C13H23NO. The van der Waals surface area contributed by atoms with E-state index >= 15 is 0 Å². The molecule has 0 spiro atoms. The van der Waals surface area contributed by atoms with Gasteiger partial charge in [0.25, 0.3) is 0 Å². The van der Waals surface area contributed by atoms with Crippen molar-refractivity contribution in [2.24, 2.45) is 5.41 Å². The van der Waals surface area contributed by atoms with Crippen LogP contribution in [0.5, 0.6) is 0 Å². The molecule has 0 aromatic rings. The quantitative estimate of drug-likeness (QED) is 0.704. The van der Waals surface area contributed by atoms with Crippen molar-refractivity contribution in [3.05, 3.63) is 0 Å². The fourth-order valence-corrected chi connectivity index (χ4v) is 1.94. The molecule has 2 heteroatoms. The van der Waals surface area contributed by atoms with Gasteiger partial charge in [-0.05, 0) is 25.2 Å². The Morgan fingerprint density at radius 1 is 1.33 bits per heavy atom. The Balaban J connectivity index is 2.26. The molecular weight excluding hydrogens is 186 g/mol. The van der Waals surface area contributed by atoms with E-state index in [4.69, 9.17) is 4.74 Å². The van der Waals surface area contributed by atoms with Gasteiger partial charge in [-0.3, -0.25) is 0 Å². The van der Waals surface area contributed by atoms with Crippen LogP contribution in [0.2, 0.25) is 0 Å². The average Bonchev–Trinajstić information content (AvgIpc) is 2.18. The Hall–Kier alpha value is -0.520. The molecule has 1 rings (SSSR count). The van der Waals surface area contributed by atoms with Gasteiger partial charge in [-0.25, -0.2) is 0 Å². The molecule has 15 heavy (non-hydrogen) atoms. The zero-order valence-corrected chi connectivity index (χ0v) is 10.4. The van der Waals surface area contributed by atoms with Crippen LogP contribution in [0.4, 0.5) is 0 Å². The highest BCUT2D eigenvalue weighted by Gasteiger charge is 2.29. The summed E-state index contributed by atoms with van der Waals surface area (Å²) in [7, 11) is 0. The third-order valence-corrected chi connectivity index (χ3v) is 2.98. The van der Waals surface area contributed by atoms with E-state index < -0.39 is 0 Å². The van der Waals surface area contributed by atoms with Crippen molar-refractivity contribution in [3.63, 3.8) is 0 Å². The van der Waals surface area contributed by atoms with Crippen LogP contribution < -0.4 is 5.32 Å². The van der Waals surface area contributed by atoms with Crippen molar-refractivity contribution in [1.29, 1.82) is 0 Å². The predicted molar refractivity (Wildman–Crippen MR) is 63.7 cm³/mol. The molecule has 1 saturated heterocycles. The minimum Gasteiger partial charge on any atom is -0.364 e. The Bertz CT molecular complexity index is 235. The standard InChI is InChI=1S/C13H23NO/c1-5-6-9-15-11-7-8-12(14-10-11)13(2,3)4/h11-12,14H,7-10H2,1-4H3. The third kappa shape index (κ3) is 4.24. The van der Waals surface area contributed by atoms with E-state index in [0.717, 1.165) is 13.0 Å². The van der Waals surface area contributed by atoms with Gasteiger partial charge in [-0.15, -0.1) is 5.92 Å². The van der Waals surface area contributed by atoms with Crippen molar-refractivity contribution in [1.82, 2.24) is 5.32 Å². The largest absolute Gasteiger partial charge is 0.364 e. The van der Waals surface area contributed by atoms with Crippen molar-refractivity contribution in [3.8, 4) is 11.8 Å². The minimum atomic E-state index is 0.351. The topological polar surface area (TPSA) is 21.3 Å². The number of nitrogens with one attached hydrogen (secondary N) is 1. The van der Waals surface area contributed by atoms with Crippen LogP contribution in [0.25, 0.3) is 0 Å². The normalized spacial score (nSPS) is 26.9. The van der Waals surface area contributed by atoms with Gasteiger partial charge in [0.2, 0.25) is 0 Å². The lowest BCUT2D eigenvalue weighted by Gasteiger charge is -2.37. The first-order valence-electron chi connectivity index (χ1n) is 5.78. The second-order valence-corrected chi connectivity index (χ2v) is 5.26. The van der Waals surface area contributed by atoms with Crippen molar-refractivity contribution in [2.45, 2.75) is 52.7 Å². The van der Waals surface area contributed by atoms with E-state index in [-0.39, 0.29) is 0 Å². The Labute approximate surface area is 93.8 Å². The van der Waals surface area contributed by atoms with Crippen molar-refractivity contribution in [2.75, 3.05) is 13.2 Å². The second-order valence-electron chi connectivity index (χ2n) is 5.26. The van der Waals surface area contributed by atoms with Gasteiger partial charge in [0.05, 0.1) is 6.10 Å². The van der Waals surface area contributed by atoms with E-state index in [0.29, 0.717) is 24.2 Å². The summed E-state index contributed by atoms with van der Waals surface area (Å²) in [5.74, 6) is 5.78. The lowest BCUT2D eigenvalue weighted by molar-refractivity contribution is 0.0370. The number of piperidine rings is 1. The summed E-state index contributed by atoms with van der Waals surface area (Å²) in [4.78, 5) is 0. The Morgan fingerprint density at radius 2 is 2.07 bits per heavy atom. The fraction of sp³-hybridized carbons (Fsp3) is 0.846. The van der Waals surface area contributed by atoms with Gasteiger partial charge >= 0.3 is 0 Å². The van der Waals surface area contributed by atoms with Crippen LogP contribution in [-0.4, -0.2) is 25.3 Å². The molecule has 1 aliphatic heterocycles. The maximum Gasteiger partial charge on any atom is 0.108 e. The summed E-state index contributed by atoms with van der Waals surface area (Å²) in [6.07, 6.45) is 2.71. The Morgan fingerprint density at radius 3 is 2.53 bits per heavy atom. The molecule has 0 radical (unpaired) electrons. The van der Waals surface area contributed by atoms with Gasteiger partial charge < -0.3 is 10.1 Å². The third-order valence-electron chi connectivity index (χ3n) is 2.98. The lowest BCUT2D eigenvalue weighted by Crippen LogP contribution is -2.48. The monoisotopic (exact) mass is 209 g/mol. The summed E-state index contributed by atoms with van der Waals surface area (Å²) in [5.41, 5.74) is 0.355. The van der Waals surface area contributed by atoms with Crippen LogP contribution in [0, 0.1) is 17.3 Å². The minimum absolute atomic E-state index is 0.351. The van der Waals surface area contributed by atoms with Crippen LogP contribution in [0.3, 0.4) is 0 Å². The van der Waals surface area contributed by atoms with Crippen molar-refractivity contribution < 1.29 is 4.74 Å². The van der Waals surface area contributed by atoms with Gasteiger partial charge in [-0.2, -0.15) is 0 Å². The van der Waals surface area contributed by atoms with Gasteiger partial charge in [0.15, 0.2) is 0 Å². The maximum absolute atomic E-state index is 5.65. The van der Waals surface area contributed by atoms with E-state index in [1.165, 1.54) is 6.42 Å². The number of hydrogen-bond acceptors (Lipinski definition) is 2. The molecule has 0 bridgehead atoms. The second kappa shape index (κ2) is 5.53. The summed E-state index contributed by atoms with van der Waals surface area (Å²) in [6.45, 7) is 10.2. The van der Waals surface area contributed by atoms with E-state index in [1.54, 1.807) is 0 Å². The summed E-state index contributed by atoms with van der Waals surface area (Å²) in [6, 6.07) is 0.620. The molecule has 0 aliphatic carbocycles. The summed E-state index contributed by atoms with van der Waals surface area (Å²) in [5, 5.41) is 3.56. The molecule has 1 N–H and O–H groups in total. The van der Waals surface area contributed by atoms with Gasteiger partial charge in [-0.1, -0.05) is 26.7 Å². The first kappa shape index (κ1) is 12.5. The molecule has 0 aromatic carbocycles.